The summed E-state index contributed by atoms with van der Waals surface area (Å²) >= 11 is 0. The van der Waals surface area contributed by atoms with Gasteiger partial charge in [0.25, 0.3) is 0 Å². The molecule has 0 aliphatic rings. The average Bonchev–Trinajstić information content (AvgIpc) is 3.37. The van der Waals surface area contributed by atoms with Gasteiger partial charge in [0.05, 0.1) is 19.2 Å². The summed E-state index contributed by atoms with van der Waals surface area (Å²) in [6, 6.07) is 14.0. The summed E-state index contributed by atoms with van der Waals surface area (Å²) in [6.45, 7) is 1.84. The van der Waals surface area contributed by atoms with Crippen molar-refractivity contribution in [1.82, 2.24) is 20.5 Å². The number of fused-ring (bicyclic) bond motifs is 1. The molecule has 8 heteroatoms. The van der Waals surface area contributed by atoms with Crippen molar-refractivity contribution in [3.63, 3.8) is 0 Å². The van der Waals surface area contributed by atoms with E-state index in [1.54, 1.807) is 13.3 Å². The Morgan fingerprint density at radius 1 is 1.16 bits per heavy atom. The van der Waals surface area contributed by atoms with Gasteiger partial charge in [0.2, 0.25) is 5.91 Å². The van der Waals surface area contributed by atoms with Crippen molar-refractivity contribution in [2.45, 2.75) is 25.8 Å². The van der Waals surface area contributed by atoms with Crippen LogP contribution in [0.15, 0.2) is 54.7 Å². The van der Waals surface area contributed by atoms with E-state index in [4.69, 9.17) is 4.74 Å². The van der Waals surface area contributed by atoms with E-state index in [0.717, 1.165) is 39.0 Å². The van der Waals surface area contributed by atoms with Crippen molar-refractivity contribution >= 4 is 22.8 Å². The maximum Gasteiger partial charge on any atom is 0.326 e. The topological polar surface area (TPSA) is 120 Å². The molecule has 2 aromatic carbocycles. The van der Waals surface area contributed by atoms with Gasteiger partial charge in [-0.15, -0.1) is 0 Å². The predicted molar refractivity (Wildman–Crippen MR) is 121 cm³/mol. The van der Waals surface area contributed by atoms with E-state index in [-0.39, 0.29) is 18.7 Å². The summed E-state index contributed by atoms with van der Waals surface area (Å²) in [5, 5.41) is 20.6. The van der Waals surface area contributed by atoms with Gasteiger partial charge in [0.15, 0.2) is 0 Å². The summed E-state index contributed by atoms with van der Waals surface area (Å²) in [4.78, 5) is 27.8. The number of carboxylic acid groups (broad SMARTS) is 1. The molecule has 0 radical (unpaired) electrons. The predicted octanol–water partition coefficient (Wildman–Crippen LogP) is 3.23. The minimum Gasteiger partial charge on any atom is -0.497 e. The Labute approximate surface area is 184 Å². The highest BCUT2D eigenvalue weighted by Gasteiger charge is 2.23. The van der Waals surface area contributed by atoms with Gasteiger partial charge in [0.1, 0.15) is 11.8 Å². The van der Waals surface area contributed by atoms with Crippen LogP contribution in [-0.2, 0) is 22.4 Å². The van der Waals surface area contributed by atoms with Crippen molar-refractivity contribution in [2.75, 3.05) is 7.11 Å². The summed E-state index contributed by atoms with van der Waals surface area (Å²) in [7, 11) is 1.60. The monoisotopic (exact) mass is 432 g/mol. The molecule has 1 amide bonds. The smallest absolute Gasteiger partial charge is 0.326 e. The lowest BCUT2D eigenvalue weighted by atomic mass is 10.0. The number of carbonyl (C=O) groups is 2. The number of methoxy groups -OCH3 is 1. The molecule has 0 bridgehead atoms. The second-order valence-corrected chi connectivity index (χ2v) is 7.60. The van der Waals surface area contributed by atoms with Crippen molar-refractivity contribution in [2.24, 2.45) is 0 Å². The lowest BCUT2D eigenvalue weighted by Crippen LogP contribution is -2.43. The number of rotatable bonds is 8. The maximum atomic E-state index is 12.8. The fourth-order valence-electron chi connectivity index (χ4n) is 3.78. The molecule has 4 N–H and O–H groups in total. The number of carboxylic acids is 1. The van der Waals surface area contributed by atoms with Gasteiger partial charge in [-0.05, 0) is 42.8 Å². The van der Waals surface area contributed by atoms with Gasteiger partial charge in [-0.1, -0.05) is 18.2 Å². The van der Waals surface area contributed by atoms with Crippen LogP contribution < -0.4 is 10.1 Å². The third kappa shape index (κ3) is 4.34. The molecule has 0 fully saturated rings. The fourth-order valence-corrected chi connectivity index (χ4v) is 3.78. The van der Waals surface area contributed by atoms with Crippen LogP contribution in [0.3, 0.4) is 0 Å². The van der Waals surface area contributed by atoms with Crippen molar-refractivity contribution in [1.29, 1.82) is 0 Å². The lowest BCUT2D eigenvalue weighted by Gasteiger charge is -2.15. The first-order valence-corrected chi connectivity index (χ1v) is 10.2. The minimum atomic E-state index is -1.08. The highest BCUT2D eigenvalue weighted by molar-refractivity contribution is 5.88. The number of nitrogens with one attached hydrogen (secondary N) is 3. The van der Waals surface area contributed by atoms with Crippen LogP contribution in [0, 0.1) is 6.92 Å². The quantitative estimate of drug-likeness (QED) is 0.341. The number of aromatic amines is 2. The Kier molecular flexibility index (Phi) is 5.93. The highest BCUT2D eigenvalue weighted by Crippen LogP contribution is 2.26. The standard InChI is InChI=1S/C24H24N4O4/c1-14-19(23(28-27-14)15-7-9-17(32-2)10-8-15)12-22(29)26-21(24(30)31)11-16-13-25-20-6-4-3-5-18(16)20/h3-10,13,21,25H,11-12H2,1-2H3,(H,26,29)(H,27,28)(H,30,31)/t21-/m1/s1. The van der Waals surface area contributed by atoms with Crippen LogP contribution >= 0.6 is 0 Å². The number of aromatic nitrogens is 3. The fraction of sp³-hybridized carbons (Fsp3) is 0.208. The first-order valence-electron chi connectivity index (χ1n) is 10.2. The number of hydrogen-bond donors (Lipinski definition) is 4. The van der Waals surface area contributed by atoms with Crippen LogP contribution in [0.2, 0.25) is 0 Å². The number of carbonyl (C=O) groups excluding carboxylic acids is 1. The molecule has 0 saturated carbocycles. The molecule has 2 heterocycles. The molecule has 0 aliphatic carbocycles. The van der Waals surface area contributed by atoms with E-state index in [0.29, 0.717) is 5.69 Å². The maximum absolute atomic E-state index is 12.8. The normalized spacial score (nSPS) is 11.9. The van der Waals surface area contributed by atoms with E-state index >= 15 is 0 Å². The number of aliphatic carboxylic acids is 1. The number of nitrogens with zero attached hydrogens (tertiary/aromatic N) is 1. The first kappa shape index (κ1) is 21.2. The van der Waals surface area contributed by atoms with E-state index in [1.165, 1.54) is 0 Å². The second-order valence-electron chi connectivity index (χ2n) is 7.60. The molecule has 4 rings (SSSR count). The summed E-state index contributed by atoms with van der Waals surface area (Å²) in [6.07, 6.45) is 1.98. The Morgan fingerprint density at radius 3 is 2.62 bits per heavy atom. The largest absolute Gasteiger partial charge is 0.497 e. The van der Waals surface area contributed by atoms with Gasteiger partial charge < -0.3 is 20.1 Å². The zero-order valence-electron chi connectivity index (χ0n) is 17.8. The Bertz CT molecular complexity index is 1260. The van der Waals surface area contributed by atoms with Crippen molar-refractivity contribution < 1.29 is 19.4 Å². The molecule has 2 aromatic heterocycles. The second kappa shape index (κ2) is 8.97. The van der Waals surface area contributed by atoms with Gasteiger partial charge in [-0.25, -0.2) is 4.79 Å². The number of para-hydroxylation sites is 1. The van der Waals surface area contributed by atoms with E-state index in [9.17, 15) is 14.7 Å². The molecule has 0 saturated heterocycles. The molecule has 0 unspecified atom stereocenters. The number of ether oxygens (including phenoxy) is 1. The van der Waals surface area contributed by atoms with Crippen LogP contribution in [0.5, 0.6) is 5.75 Å². The van der Waals surface area contributed by atoms with Gasteiger partial charge in [-0.2, -0.15) is 5.10 Å². The number of hydrogen-bond acceptors (Lipinski definition) is 4. The SMILES string of the molecule is COc1ccc(-c2n[nH]c(C)c2CC(=O)N[C@H](Cc2c[nH]c3ccccc23)C(=O)O)cc1. The van der Waals surface area contributed by atoms with Gasteiger partial charge >= 0.3 is 5.97 Å². The summed E-state index contributed by atoms with van der Waals surface area (Å²) in [5.74, 6) is -0.735. The molecule has 8 nitrogen and oxygen atoms in total. The molecule has 0 aliphatic heterocycles. The van der Waals surface area contributed by atoms with Crippen LogP contribution in [0.1, 0.15) is 16.8 Å². The van der Waals surface area contributed by atoms with E-state index in [1.807, 2.05) is 55.5 Å². The van der Waals surface area contributed by atoms with Gasteiger partial charge in [-0.3, -0.25) is 9.89 Å². The van der Waals surface area contributed by atoms with E-state index in [2.05, 4.69) is 20.5 Å². The van der Waals surface area contributed by atoms with Crippen molar-refractivity contribution in [3.8, 4) is 17.0 Å². The molecule has 0 spiro atoms. The van der Waals surface area contributed by atoms with Crippen LogP contribution in [0.25, 0.3) is 22.2 Å². The molecular weight excluding hydrogens is 408 g/mol. The molecular formula is C24H24N4O4. The number of amides is 1. The van der Waals surface area contributed by atoms with Gasteiger partial charge in [0, 0.05) is 40.3 Å². The first-order chi connectivity index (χ1) is 15.5. The Morgan fingerprint density at radius 2 is 1.91 bits per heavy atom. The average molecular weight is 432 g/mol. The van der Waals surface area contributed by atoms with Crippen LogP contribution in [-0.4, -0.2) is 45.3 Å². The van der Waals surface area contributed by atoms with Crippen LogP contribution in [0.4, 0.5) is 0 Å². The number of aryl methyl sites for hydroxylation is 1. The Balaban J connectivity index is 1.50. The van der Waals surface area contributed by atoms with E-state index < -0.39 is 12.0 Å². The highest BCUT2D eigenvalue weighted by atomic mass is 16.5. The summed E-state index contributed by atoms with van der Waals surface area (Å²) < 4.78 is 5.19. The molecule has 4 aromatic rings. The zero-order valence-corrected chi connectivity index (χ0v) is 17.8. The minimum absolute atomic E-state index is 0.0152. The zero-order chi connectivity index (χ0) is 22.7. The summed E-state index contributed by atoms with van der Waals surface area (Å²) in [5.41, 5.74) is 4.75. The number of benzene rings is 2. The third-order valence-corrected chi connectivity index (χ3v) is 5.51. The van der Waals surface area contributed by atoms with Crippen molar-refractivity contribution in [3.05, 3.63) is 71.5 Å². The molecule has 32 heavy (non-hydrogen) atoms. The molecule has 1 atom stereocenters. The molecule has 164 valence electrons. The third-order valence-electron chi connectivity index (χ3n) is 5.51. The Hall–Kier alpha value is -4.07. The number of H-pyrrole nitrogens is 2. The lowest BCUT2D eigenvalue weighted by molar-refractivity contribution is -0.141.